The lowest BCUT2D eigenvalue weighted by Crippen LogP contribution is -2.19. The fourth-order valence-corrected chi connectivity index (χ4v) is 4.24. The molecule has 0 saturated heterocycles. The molecule has 0 aliphatic heterocycles. The zero-order chi connectivity index (χ0) is 16.4. The first-order valence-corrected chi connectivity index (χ1v) is 10.4. The van der Waals surface area contributed by atoms with Crippen LogP contribution >= 0.6 is 10.7 Å². The zero-order valence-corrected chi connectivity index (χ0v) is 14.9. The average Bonchev–Trinajstić information content (AvgIpc) is 2.30. The molecule has 0 saturated carbocycles. The van der Waals surface area contributed by atoms with E-state index >= 15 is 0 Å². The quantitative estimate of drug-likeness (QED) is 0.797. The smallest absolute Gasteiger partial charge is 0.261 e. The topological polar surface area (TPSA) is 80.3 Å². The summed E-state index contributed by atoms with van der Waals surface area (Å²) < 4.78 is 49.3. The van der Waals surface area contributed by atoms with Gasteiger partial charge < -0.3 is 0 Å². The summed E-state index contributed by atoms with van der Waals surface area (Å²) in [6.07, 6.45) is 0.557. The van der Waals surface area contributed by atoms with Gasteiger partial charge in [-0.05, 0) is 49.4 Å². The van der Waals surface area contributed by atoms with Crippen LogP contribution in [0.5, 0.6) is 0 Å². The fraction of sp³-hybridized carbons (Fsp3) is 0.538. The SMILES string of the molecule is Cc1cc(S(=O)(=O)Cl)cc(C)c1NS(=O)(=O)CCC(C)C. The minimum Gasteiger partial charge on any atom is -0.283 e. The van der Waals surface area contributed by atoms with Crippen LogP contribution in [0.25, 0.3) is 0 Å². The van der Waals surface area contributed by atoms with E-state index in [0.717, 1.165) is 0 Å². The maximum Gasteiger partial charge on any atom is 0.261 e. The van der Waals surface area contributed by atoms with E-state index in [-0.39, 0.29) is 16.6 Å². The Hall–Kier alpha value is -0.790. The third kappa shape index (κ3) is 5.48. The van der Waals surface area contributed by atoms with E-state index in [1.807, 2.05) is 13.8 Å². The van der Waals surface area contributed by atoms with E-state index in [1.54, 1.807) is 13.8 Å². The maximum absolute atomic E-state index is 12.0. The molecule has 0 atom stereocenters. The Morgan fingerprint density at radius 1 is 1.10 bits per heavy atom. The lowest BCUT2D eigenvalue weighted by atomic mass is 10.1. The second-order valence-corrected chi connectivity index (χ2v) is 9.88. The van der Waals surface area contributed by atoms with Crippen LogP contribution < -0.4 is 4.72 Å². The van der Waals surface area contributed by atoms with Gasteiger partial charge in [0.25, 0.3) is 9.05 Å². The van der Waals surface area contributed by atoms with Crippen molar-refractivity contribution in [1.29, 1.82) is 0 Å². The summed E-state index contributed by atoms with van der Waals surface area (Å²) in [4.78, 5) is -0.0377. The van der Waals surface area contributed by atoms with Crippen LogP contribution in [0.1, 0.15) is 31.4 Å². The fourth-order valence-electron chi connectivity index (χ4n) is 1.82. The van der Waals surface area contributed by atoms with Crippen molar-refractivity contribution in [2.24, 2.45) is 5.92 Å². The molecule has 0 spiro atoms. The van der Waals surface area contributed by atoms with E-state index in [4.69, 9.17) is 10.7 Å². The maximum atomic E-state index is 12.0. The molecule has 0 bridgehead atoms. The van der Waals surface area contributed by atoms with Gasteiger partial charge in [0.15, 0.2) is 0 Å². The molecule has 120 valence electrons. The molecule has 1 N–H and O–H groups in total. The van der Waals surface area contributed by atoms with Crippen molar-refractivity contribution in [2.75, 3.05) is 10.5 Å². The Morgan fingerprint density at radius 2 is 1.57 bits per heavy atom. The van der Waals surface area contributed by atoms with Crippen LogP contribution in [0.4, 0.5) is 5.69 Å². The number of sulfonamides is 1. The number of anilines is 1. The normalized spacial score (nSPS) is 12.7. The summed E-state index contributed by atoms with van der Waals surface area (Å²) in [5, 5.41) is 0. The first kappa shape index (κ1) is 18.3. The molecule has 1 aromatic carbocycles. The van der Waals surface area contributed by atoms with Crippen molar-refractivity contribution in [3.8, 4) is 0 Å². The van der Waals surface area contributed by atoms with Gasteiger partial charge >= 0.3 is 0 Å². The van der Waals surface area contributed by atoms with Crippen LogP contribution in [0.3, 0.4) is 0 Å². The molecule has 0 fully saturated rings. The highest BCUT2D eigenvalue weighted by molar-refractivity contribution is 8.13. The molecule has 0 aliphatic carbocycles. The van der Waals surface area contributed by atoms with Gasteiger partial charge in [-0.25, -0.2) is 16.8 Å². The van der Waals surface area contributed by atoms with Gasteiger partial charge in [-0.3, -0.25) is 4.72 Å². The molecule has 0 aromatic heterocycles. The number of aryl methyl sites for hydroxylation is 2. The third-order valence-corrected chi connectivity index (χ3v) is 5.63. The molecule has 1 aromatic rings. The molecular formula is C13H20ClNO4S2. The second-order valence-electron chi connectivity index (χ2n) is 5.47. The highest BCUT2D eigenvalue weighted by Crippen LogP contribution is 2.27. The van der Waals surface area contributed by atoms with E-state index < -0.39 is 19.1 Å². The number of benzene rings is 1. The number of rotatable bonds is 6. The summed E-state index contributed by atoms with van der Waals surface area (Å²) in [5.41, 5.74) is 1.44. The summed E-state index contributed by atoms with van der Waals surface area (Å²) >= 11 is 0. The molecule has 8 heteroatoms. The summed E-state index contributed by atoms with van der Waals surface area (Å²) in [7, 11) is -1.98. The van der Waals surface area contributed by atoms with Crippen molar-refractivity contribution < 1.29 is 16.8 Å². The van der Waals surface area contributed by atoms with E-state index in [2.05, 4.69) is 4.72 Å². The minimum atomic E-state index is -3.83. The summed E-state index contributed by atoms with van der Waals surface area (Å²) in [6, 6.07) is 2.71. The zero-order valence-electron chi connectivity index (χ0n) is 12.5. The van der Waals surface area contributed by atoms with Crippen LogP contribution in [0, 0.1) is 19.8 Å². The van der Waals surface area contributed by atoms with Crippen molar-refractivity contribution in [1.82, 2.24) is 0 Å². The molecule has 0 aliphatic rings. The lowest BCUT2D eigenvalue weighted by Gasteiger charge is -2.15. The van der Waals surface area contributed by atoms with Gasteiger partial charge in [-0.1, -0.05) is 13.8 Å². The molecule has 0 radical (unpaired) electrons. The van der Waals surface area contributed by atoms with E-state index in [9.17, 15) is 16.8 Å². The first-order valence-electron chi connectivity index (χ1n) is 6.49. The Bertz CT molecular complexity index is 702. The van der Waals surface area contributed by atoms with Crippen LogP contribution in [-0.2, 0) is 19.1 Å². The van der Waals surface area contributed by atoms with Crippen molar-refractivity contribution in [2.45, 2.75) is 39.0 Å². The molecule has 21 heavy (non-hydrogen) atoms. The Kier molecular flexibility index (Phi) is 5.69. The van der Waals surface area contributed by atoms with Gasteiger partial charge in [-0.15, -0.1) is 0 Å². The van der Waals surface area contributed by atoms with Crippen molar-refractivity contribution in [3.05, 3.63) is 23.3 Å². The third-order valence-electron chi connectivity index (χ3n) is 3.01. The predicted molar refractivity (Wildman–Crippen MR) is 85.8 cm³/mol. The van der Waals surface area contributed by atoms with E-state index in [0.29, 0.717) is 23.2 Å². The first-order chi connectivity index (χ1) is 9.42. The molecular weight excluding hydrogens is 334 g/mol. The standard InChI is InChI=1S/C13H20ClNO4S2/c1-9(2)5-6-20(16,17)15-13-10(3)7-12(8-11(13)4)21(14,18)19/h7-9,15H,5-6H2,1-4H3. The monoisotopic (exact) mass is 353 g/mol. The Morgan fingerprint density at radius 3 is 1.95 bits per heavy atom. The number of halogens is 1. The average molecular weight is 354 g/mol. The van der Waals surface area contributed by atoms with Gasteiger partial charge in [0.05, 0.1) is 16.3 Å². The predicted octanol–water partition coefficient (Wildman–Crippen LogP) is 3.02. The summed E-state index contributed by atoms with van der Waals surface area (Å²) in [5.74, 6) is 0.312. The Balaban J connectivity index is 3.11. The van der Waals surface area contributed by atoms with Crippen LogP contribution in [-0.4, -0.2) is 22.6 Å². The van der Waals surface area contributed by atoms with E-state index in [1.165, 1.54) is 12.1 Å². The van der Waals surface area contributed by atoms with Gasteiger partial charge in [0, 0.05) is 10.7 Å². The second kappa shape index (κ2) is 6.54. The Labute approximate surface area is 131 Å². The summed E-state index contributed by atoms with van der Waals surface area (Å²) in [6.45, 7) is 7.18. The van der Waals surface area contributed by atoms with Gasteiger partial charge in [0.1, 0.15) is 0 Å². The lowest BCUT2D eigenvalue weighted by molar-refractivity contribution is 0.578. The van der Waals surface area contributed by atoms with Crippen molar-refractivity contribution >= 4 is 35.4 Å². The minimum absolute atomic E-state index is 0.0269. The molecule has 5 nitrogen and oxygen atoms in total. The molecule has 0 heterocycles. The van der Waals surface area contributed by atoms with Gasteiger partial charge in [-0.2, -0.15) is 0 Å². The number of hydrogen-bond acceptors (Lipinski definition) is 4. The van der Waals surface area contributed by atoms with Crippen LogP contribution in [0.15, 0.2) is 17.0 Å². The highest BCUT2D eigenvalue weighted by Gasteiger charge is 2.18. The highest BCUT2D eigenvalue weighted by atomic mass is 35.7. The molecule has 0 amide bonds. The van der Waals surface area contributed by atoms with Crippen LogP contribution in [0.2, 0.25) is 0 Å². The number of nitrogens with one attached hydrogen (secondary N) is 1. The number of hydrogen-bond donors (Lipinski definition) is 1. The molecule has 0 unspecified atom stereocenters. The van der Waals surface area contributed by atoms with Gasteiger partial charge in [0.2, 0.25) is 10.0 Å². The molecule has 1 rings (SSSR count). The van der Waals surface area contributed by atoms with Crippen molar-refractivity contribution in [3.63, 3.8) is 0 Å². The largest absolute Gasteiger partial charge is 0.283 e.